The normalized spacial score (nSPS) is 16.6. The third-order valence-corrected chi connectivity index (χ3v) is 5.12. The molecule has 1 saturated heterocycles. The Morgan fingerprint density at radius 2 is 2.11 bits per heavy atom. The van der Waals surface area contributed by atoms with E-state index in [4.69, 9.17) is 17.3 Å². The number of hydrogen-bond acceptors (Lipinski definition) is 4. The third-order valence-electron chi connectivity index (χ3n) is 4.83. The maximum absolute atomic E-state index is 13.6. The van der Waals surface area contributed by atoms with Crippen LogP contribution in [-0.4, -0.2) is 52.3 Å². The number of rotatable bonds is 3. The van der Waals surface area contributed by atoms with E-state index in [9.17, 15) is 14.0 Å². The second-order valence-electron chi connectivity index (χ2n) is 6.61. The van der Waals surface area contributed by atoms with E-state index in [1.165, 1.54) is 23.1 Å². The van der Waals surface area contributed by atoms with Crippen LogP contribution in [0, 0.1) is 5.82 Å². The lowest BCUT2D eigenvalue weighted by atomic mass is 10.0. The summed E-state index contributed by atoms with van der Waals surface area (Å²) in [5.41, 5.74) is 7.30. The zero-order valence-electron chi connectivity index (χ0n) is 14.3. The van der Waals surface area contributed by atoms with Gasteiger partial charge in [-0.3, -0.25) is 9.48 Å². The molecular weight excluding hydrogens is 375 g/mol. The molecular formula is C17H18ClFN6O2. The molecule has 0 saturated carbocycles. The molecule has 2 aliphatic heterocycles. The van der Waals surface area contributed by atoms with Gasteiger partial charge < -0.3 is 21.3 Å². The predicted octanol–water partition coefficient (Wildman–Crippen LogP) is 0.938. The van der Waals surface area contributed by atoms with Crippen LogP contribution < -0.4 is 16.4 Å². The molecule has 142 valence electrons. The first-order valence-electron chi connectivity index (χ1n) is 8.55. The number of urea groups is 1. The van der Waals surface area contributed by atoms with Crippen molar-refractivity contribution in [3.05, 3.63) is 40.3 Å². The molecule has 1 aromatic carbocycles. The molecule has 27 heavy (non-hydrogen) atoms. The van der Waals surface area contributed by atoms with Crippen molar-refractivity contribution in [1.82, 2.24) is 25.3 Å². The van der Waals surface area contributed by atoms with Crippen LogP contribution >= 0.6 is 11.6 Å². The summed E-state index contributed by atoms with van der Waals surface area (Å²) in [4.78, 5) is 26.0. The van der Waals surface area contributed by atoms with Gasteiger partial charge in [0.1, 0.15) is 11.5 Å². The number of carbonyl (C=O) groups excluding carboxylic acids is 2. The van der Waals surface area contributed by atoms with Crippen LogP contribution in [0.1, 0.15) is 16.1 Å². The standard InChI is InChI=1S/C17H18ClFN6O2/c18-11-5-9(1-2-12(11)19)15-14(16(26)22-10-6-21-7-10)13-8-24(17(20)27)3-4-25(13)23-15/h1-2,5,10,21H,3-4,6-8H2,(H2,20,27)(H,22,26). The Bertz CT molecular complexity index is 926. The van der Waals surface area contributed by atoms with Crippen molar-refractivity contribution in [2.75, 3.05) is 19.6 Å². The van der Waals surface area contributed by atoms with Gasteiger partial charge in [0.25, 0.3) is 5.91 Å². The number of carbonyl (C=O) groups is 2. The molecule has 0 bridgehead atoms. The zero-order valence-corrected chi connectivity index (χ0v) is 15.1. The van der Waals surface area contributed by atoms with Crippen LogP contribution in [0.2, 0.25) is 5.02 Å². The van der Waals surface area contributed by atoms with Gasteiger partial charge in [-0.15, -0.1) is 0 Å². The minimum absolute atomic E-state index is 0.0357. The third kappa shape index (κ3) is 3.24. The average Bonchev–Trinajstić information content (AvgIpc) is 2.99. The molecule has 4 N–H and O–H groups in total. The van der Waals surface area contributed by atoms with Crippen molar-refractivity contribution in [2.24, 2.45) is 5.73 Å². The summed E-state index contributed by atoms with van der Waals surface area (Å²) in [6.07, 6.45) is 0. The molecule has 0 radical (unpaired) electrons. The van der Waals surface area contributed by atoms with Crippen molar-refractivity contribution in [1.29, 1.82) is 0 Å². The van der Waals surface area contributed by atoms with Crippen molar-refractivity contribution in [3.8, 4) is 11.3 Å². The second kappa shape index (κ2) is 6.82. The van der Waals surface area contributed by atoms with Gasteiger partial charge in [-0.1, -0.05) is 11.6 Å². The molecule has 3 heterocycles. The number of halogens is 2. The lowest BCUT2D eigenvalue weighted by molar-refractivity contribution is 0.0921. The van der Waals surface area contributed by atoms with E-state index in [1.807, 2.05) is 0 Å². The van der Waals surface area contributed by atoms with Gasteiger partial charge in [0.15, 0.2) is 0 Å². The van der Waals surface area contributed by atoms with Gasteiger partial charge in [-0.25, -0.2) is 9.18 Å². The highest BCUT2D eigenvalue weighted by molar-refractivity contribution is 6.31. The Morgan fingerprint density at radius 1 is 1.33 bits per heavy atom. The Hall–Kier alpha value is -2.65. The van der Waals surface area contributed by atoms with E-state index >= 15 is 0 Å². The number of primary amides is 1. The van der Waals surface area contributed by atoms with E-state index in [2.05, 4.69) is 15.7 Å². The highest BCUT2D eigenvalue weighted by Gasteiger charge is 2.31. The molecule has 0 spiro atoms. The van der Waals surface area contributed by atoms with Gasteiger partial charge in [0.05, 0.1) is 35.4 Å². The van der Waals surface area contributed by atoms with Crippen LogP contribution in [0.15, 0.2) is 18.2 Å². The topological polar surface area (TPSA) is 105 Å². The van der Waals surface area contributed by atoms with Crippen LogP contribution in [0.5, 0.6) is 0 Å². The Morgan fingerprint density at radius 3 is 2.74 bits per heavy atom. The molecule has 8 nitrogen and oxygen atoms in total. The molecule has 0 atom stereocenters. The number of benzene rings is 1. The first-order chi connectivity index (χ1) is 12.9. The molecule has 0 aliphatic carbocycles. The molecule has 1 aromatic heterocycles. The summed E-state index contributed by atoms with van der Waals surface area (Å²) in [7, 11) is 0. The van der Waals surface area contributed by atoms with E-state index < -0.39 is 11.8 Å². The number of amides is 3. The molecule has 10 heteroatoms. The van der Waals surface area contributed by atoms with Crippen LogP contribution in [0.4, 0.5) is 9.18 Å². The molecule has 0 unspecified atom stereocenters. The quantitative estimate of drug-likeness (QED) is 0.722. The summed E-state index contributed by atoms with van der Waals surface area (Å²) >= 11 is 5.92. The fraction of sp³-hybridized carbons (Fsp3) is 0.353. The van der Waals surface area contributed by atoms with Gasteiger partial charge in [-0.2, -0.15) is 5.10 Å². The number of hydrogen-bond donors (Lipinski definition) is 3. The summed E-state index contributed by atoms with van der Waals surface area (Å²) in [6, 6.07) is 3.70. The number of aromatic nitrogens is 2. The van der Waals surface area contributed by atoms with E-state index in [1.54, 1.807) is 4.68 Å². The molecule has 2 aromatic rings. The summed E-state index contributed by atoms with van der Waals surface area (Å²) < 4.78 is 15.3. The highest BCUT2D eigenvalue weighted by atomic mass is 35.5. The largest absolute Gasteiger partial charge is 0.351 e. The summed E-state index contributed by atoms with van der Waals surface area (Å²) in [6.45, 7) is 2.39. The number of nitrogens with one attached hydrogen (secondary N) is 2. The maximum atomic E-state index is 13.6. The van der Waals surface area contributed by atoms with Crippen molar-refractivity contribution in [3.63, 3.8) is 0 Å². The van der Waals surface area contributed by atoms with Gasteiger partial charge >= 0.3 is 6.03 Å². The smallest absolute Gasteiger partial charge is 0.315 e. The fourth-order valence-corrected chi connectivity index (χ4v) is 3.42. The number of nitrogens with two attached hydrogens (primary N) is 1. The molecule has 1 fully saturated rings. The minimum atomic E-state index is -0.552. The highest BCUT2D eigenvalue weighted by Crippen LogP contribution is 2.31. The fourth-order valence-electron chi connectivity index (χ4n) is 3.24. The monoisotopic (exact) mass is 392 g/mol. The number of nitrogens with zero attached hydrogens (tertiary/aromatic N) is 3. The first-order valence-corrected chi connectivity index (χ1v) is 8.93. The second-order valence-corrected chi connectivity index (χ2v) is 7.02. The Labute approximate surface area is 159 Å². The summed E-state index contributed by atoms with van der Waals surface area (Å²) in [5, 5.41) is 10.5. The maximum Gasteiger partial charge on any atom is 0.315 e. The zero-order chi connectivity index (χ0) is 19.1. The van der Waals surface area contributed by atoms with E-state index in [0.29, 0.717) is 48.7 Å². The van der Waals surface area contributed by atoms with E-state index in [-0.39, 0.29) is 23.5 Å². The van der Waals surface area contributed by atoms with Crippen LogP contribution in [-0.2, 0) is 13.1 Å². The first kappa shape index (κ1) is 17.7. The van der Waals surface area contributed by atoms with E-state index in [0.717, 1.165) is 0 Å². The Balaban J connectivity index is 1.79. The predicted molar refractivity (Wildman–Crippen MR) is 96.7 cm³/mol. The van der Waals surface area contributed by atoms with Gasteiger partial charge in [0, 0.05) is 25.2 Å². The molecule has 4 rings (SSSR count). The van der Waals surface area contributed by atoms with Gasteiger partial charge in [0.2, 0.25) is 0 Å². The van der Waals surface area contributed by atoms with Crippen LogP contribution in [0.25, 0.3) is 11.3 Å². The SMILES string of the molecule is NC(=O)N1CCn2nc(-c3ccc(F)c(Cl)c3)c(C(=O)NC3CNC3)c2C1. The average molecular weight is 393 g/mol. The lowest BCUT2D eigenvalue weighted by Gasteiger charge is -2.29. The summed E-state index contributed by atoms with van der Waals surface area (Å²) in [5.74, 6) is -0.833. The molecule has 3 amide bonds. The Kier molecular flexibility index (Phi) is 4.48. The van der Waals surface area contributed by atoms with Crippen LogP contribution in [0.3, 0.4) is 0 Å². The number of fused-ring (bicyclic) bond motifs is 1. The van der Waals surface area contributed by atoms with Crippen molar-refractivity contribution < 1.29 is 14.0 Å². The van der Waals surface area contributed by atoms with Crippen molar-refractivity contribution in [2.45, 2.75) is 19.1 Å². The molecule has 2 aliphatic rings. The lowest BCUT2D eigenvalue weighted by Crippen LogP contribution is -2.57. The van der Waals surface area contributed by atoms with Gasteiger partial charge in [-0.05, 0) is 18.2 Å². The minimum Gasteiger partial charge on any atom is -0.351 e. The van der Waals surface area contributed by atoms with Crippen molar-refractivity contribution >= 4 is 23.5 Å².